The van der Waals surface area contributed by atoms with E-state index < -0.39 is 0 Å². The second kappa shape index (κ2) is 6.37. The maximum absolute atomic E-state index is 6.03. The Morgan fingerprint density at radius 3 is 2.63 bits per heavy atom. The first-order valence-corrected chi connectivity index (χ1v) is 6.80. The van der Waals surface area contributed by atoms with Gasteiger partial charge in [0.2, 0.25) is 0 Å². The van der Waals surface area contributed by atoms with Crippen molar-refractivity contribution >= 4 is 23.2 Å². The molecule has 2 rings (SSSR count). The number of nitrogens with one attached hydrogen (secondary N) is 1. The van der Waals surface area contributed by atoms with Crippen molar-refractivity contribution in [2.24, 2.45) is 7.05 Å². The van der Waals surface area contributed by atoms with Crippen molar-refractivity contribution < 1.29 is 0 Å². The van der Waals surface area contributed by atoms with E-state index in [2.05, 4.69) is 15.6 Å². The highest BCUT2D eigenvalue weighted by molar-refractivity contribution is 6.42. The van der Waals surface area contributed by atoms with Crippen LogP contribution >= 0.6 is 23.2 Å². The number of nitrogens with zero attached hydrogens (tertiary/aromatic N) is 3. The minimum atomic E-state index is 0.286. The lowest BCUT2D eigenvalue weighted by molar-refractivity contribution is 0.549. The number of benzene rings is 1. The number of halogens is 2. The van der Waals surface area contributed by atoms with Crippen LogP contribution in [0, 0.1) is 0 Å². The Labute approximate surface area is 122 Å². The van der Waals surface area contributed by atoms with Crippen LogP contribution in [-0.4, -0.2) is 28.1 Å². The molecule has 0 aliphatic rings. The summed E-state index contributed by atoms with van der Waals surface area (Å²) >= 11 is 11.9. The Hall–Kier alpha value is -1.10. The van der Waals surface area contributed by atoms with Crippen molar-refractivity contribution in [3.63, 3.8) is 0 Å². The summed E-state index contributed by atoms with van der Waals surface area (Å²) in [6.07, 6.45) is 3.62. The summed E-state index contributed by atoms with van der Waals surface area (Å²) in [5.41, 5.74) is 2.12. The zero-order valence-corrected chi connectivity index (χ0v) is 12.4. The van der Waals surface area contributed by atoms with Crippen molar-refractivity contribution in [1.82, 2.24) is 20.3 Å². The second-order valence-corrected chi connectivity index (χ2v) is 5.34. The van der Waals surface area contributed by atoms with Crippen LogP contribution in [0.3, 0.4) is 0 Å². The SMILES string of the molecule is CNC(Cc1ccc(Cl)c(Cl)c1)Cc1cn(C)nn1. The van der Waals surface area contributed by atoms with Crippen LogP contribution in [-0.2, 0) is 19.9 Å². The summed E-state index contributed by atoms with van der Waals surface area (Å²) in [4.78, 5) is 0. The van der Waals surface area contributed by atoms with E-state index in [0.29, 0.717) is 10.0 Å². The lowest BCUT2D eigenvalue weighted by Gasteiger charge is -2.15. The molecule has 1 heterocycles. The fourth-order valence-corrected chi connectivity index (χ4v) is 2.29. The molecule has 0 saturated heterocycles. The highest BCUT2D eigenvalue weighted by Crippen LogP contribution is 2.23. The molecule has 1 atom stereocenters. The third kappa shape index (κ3) is 3.93. The predicted molar refractivity (Wildman–Crippen MR) is 77.7 cm³/mol. The monoisotopic (exact) mass is 298 g/mol. The molecule has 0 saturated carbocycles. The van der Waals surface area contributed by atoms with Gasteiger partial charge in [-0.25, -0.2) is 0 Å². The smallest absolute Gasteiger partial charge is 0.0842 e. The Morgan fingerprint density at radius 1 is 1.26 bits per heavy atom. The average molecular weight is 299 g/mol. The van der Waals surface area contributed by atoms with Gasteiger partial charge in [-0.15, -0.1) is 5.10 Å². The molecule has 1 aromatic carbocycles. The molecule has 0 fully saturated rings. The van der Waals surface area contributed by atoms with E-state index >= 15 is 0 Å². The van der Waals surface area contributed by atoms with E-state index in [1.165, 1.54) is 0 Å². The van der Waals surface area contributed by atoms with Crippen LogP contribution in [0.5, 0.6) is 0 Å². The minimum Gasteiger partial charge on any atom is -0.316 e. The van der Waals surface area contributed by atoms with Gasteiger partial charge in [0.15, 0.2) is 0 Å². The molecule has 1 unspecified atom stereocenters. The standard InChI is InChI=1S/C13H16Cl2N4/c1-16-10(7-11-8-19(2)18-17-11)5-9-3-4-12(14)13(15)6-9/h3-4,6,8,10,16H,5,7H2,1-2H3. The molecule has 0 amide bonds. The van der Waals surface area contributed by atoms with Gasteiger partial charge in [0.1, 0.15) is 0 Å². The van der Waals surface area contributed by atoms with Gasteiger partial charge in [-0.05, 0) is 31.2 Å². The Morgan fingerprint density at radius 2 is 2.05 bits per heavy atom. The van der Waals surface area contributed by atoms with Gasteiger partial charge in [0, 0.05) is 25.7 Å². The summed E-state index contributed by atoms with van der Waals surface area (Å²) in [5, 5.41) is 12.5. The lowest BCUT2D eigenvalue weighted by Crippen LogP contribution is -2.30. The first-order valence-electron chi connectivity index (χ1n) is 6.05. The van der Waals surface area contributed by atoms with E-state index in [1.54, 1.807) is 4.68 Å². The van der Waals surface area contributed by atoms with Gasteiger partial charge >= 0.3 is 0 Å². The third-order valence-corrected chi connectivity index (χ3v) is 3.72. The summed E-state index contributed by atoms with van der Waals surface area (Å²) in [6.45, 7) is 0. The summed E-state index contributed by atoms with van der Waals surface area (Å²) in [5.74, 6) is 0. The molecule has 102 valence electrons. The van der Waals surface area contributed by atoms with E-state index in [-0.39, 0.29) is 6.04 Å². The van der Waals surface area contributed by atoms with Crippen molar-refractivity contribution in [2.45, 2.75) is 18.9 Å². The van der Waals surface area contributed by atoms with Crippen molar-refractivity contribution in [3.8, 4) is 0 Å². The van der Waals surface area contributed by atoms with Gasteiger partial charge < -0.3 is 5.32 Å². The quantitative estimate of drug-likeness (QED) is 0.922. The molecule has 4 nitrogen and oxygen atoms in total. The normalized spacial score (nSPS) is 12.6. The fourth-order valence-electron chi connectivity index (χ4n) is 1.97. The number of aromatic nitrogens is 3. The fraction of sp³-hybridized carbons (Fsp3) is 0.385. The lowest BCUT2D eigenvalue weighted by atomic mass is 10.0. The largest absolute Gasteiger partial charge is 0.316 e. The van der Waals surface area contributed by atoms with Crippen molar-refractivity contribution in [1.29, 1.82) is 0 Å². The Bertz CT molecular complexity index is 553. The minimum absolute atomic E-state index is 0.286. The summed E-state index contributed by atoms with van der Waals surface area (Å²) in [6, 6.07) is 6.02. The molecule has 1 aromatic heterocycles. The van der Waals surface area contributed by atoms with Crippen LogP contribution < -0.4 is 5.32 Å². The van der Waals surface area contributed by atoms with E-state index in [1.807, 2.05) is 38.5 Å². The first-order chi connectivity index (χ1) is 9.08. The Kier molecular flexibility index (Phi) is 4.80. The molecule has 0 bridgehead atoms. The van der Waals surface area contributed by atoms with Crippen molar-refractivity contribution in [3.05, 3.63) is 45.7 Å². The highest BCUT2D eigenvalue weighted by atomic mass is 35.5. The molecule has 0 spiro atoms. The molecule has 6 heteroatoms. The van der Waals surface area contributed by atoms with Crippen LogP contribution in [0.15, 0.2) is 24.4 Å². The van der Waals surface area contributed by atoms with Gasteiger partial charge in [-0.2, -0.15) is 0 Å². The molecule has 0 radical (unpaired) electrons. The molecule has 2 aromatic rings. The summed E-state index contributed by atoms with van der Waals surface area (Å²) in [7, 11) is 3.81. The van der Waals surface area contributed by atoms with Crippen LogP contribution in [0.2, 0.25) is 10.0 Å². The first kappa shape index (κ1) is 14.3. The predicted octanol–water partition coefficient (Wildman–Crippen LogP) is 2.50. The maximum atomic E-state index is 6.03. The maximum Gasteiger partial charge on any atom is 0.0842 e. The summed E-state index contributed by atoms with van der Waals surface area (Å²) < 4.78 is 1.71. The van der Waals surface area contributed by atoms with Gasteiger partial charge in [-0.3, -0.25) is 4.68 Å². The van der Waals surface area contributed by atoms with Gasteiger partial charge in [-0.1, -0.05) is 34.5 Å². The van der Waals surface area contributed by atoms with Crippen LogP contribution in [0.4, 0.5) is 0 Å². The number of hydrogen-bond donors (Lipinski definition) is 1. The molecular formula is C13H16Cl2N4. The van der Waals surface area contributed by atoms with E-state index in [0.717, 1.165) is 24.1 Å². The van der Waals surface area contributed by atoms with Crippen LogP contribution in [0.1, 0.15) is 11.3 Å². The zero-order chi connectivity index (χ0) is 13.8. The molecular weight excluding hydrogens is 283 g/mol. The number of hydrogen-bond acceptors (Lipinski definition) is 3. The Balaban J connectivity index is 2.04. The third-order valence-electron chi connectivity index (χ3n) is 2.98. The van der Waals surface area contributed by atoms with E-state index in [4.69, 9.17) is 23.2 Å². The van der Waals surface area contributed by atoms with E-state index in [9.17, 15) is 0 Å². The highest BCUT2D eigenvalue weighted by Gasteiger charge is 2.11. The topological polar surface area (TPSA) is 42.7 Å². The molecule has 19 heavy (non-hydrogen) atoms. The molecule has 0 aliphatic carbocycles. The zero-order valence-electron chi connectivity index (χ0n) is 10.9. The number of likely N-dealkylation sites (N-methyl/N-ethyl adjacent to an activating group) is 1. The molecule has 0 aliphatic heterocycles. The number of rotatable bonds is 5. The van der Waals surface area contributed by atoms with Gasteiger partial charge in [0.05, 0.1) is 15.7 Å². The molecule has 1 N–H and O–H groups in total. The van der Waals surface area contributed by atoms with Crippen molar-refractivity contribution in [2.75, 3.05) is 7.05 Å². The van der Waals surface area contributed by atoms with Crippen LogP contribution in [0.25, 0.3) is 0 Å². The average Bonchev–Trinajstić information content (AvgIpc) is 2.78. The van der Waals surface area contributed by atoms with Gasteiger partial charge in [0.25, 0.3) is 0 Å². The number of aryl methyl sites for hydroxylation is 1. The second-order valence-electron chi connectivity index (χ2n) is 4.53.